The molecule has 1 aliphatic rings. The summed E-state index contributed by atoms with van der Waals surface area (Å²) in [5.41, 5.74) is -0.342. The van der Waals surface area contributed by atoms with E-state index < -0.39 is 5.97 Å². The smallest absolute Gasteiger partial charge is 0.309 e. The van der Waals surface area contributed by atoms with Crippen LogP contribution >= 0.6 is 0 Å². The zero-order valence-corrected chi connectivity index (χ0v) is 8.13. The van der Waals surface area contributed by atoms with E-state index in [-0.39, 0.29) is 5.41 Å². The van der Waals surface area contributed by atoms with E-state index in [1.54, 1.807) is 0 Å². The molecule has 0 aromatic rings. The molecule has 0 aromatic heterocycles. The minimum absolute atomic E-state index is 0.342. The van der Waals surface area contributed by atoms with E-state index in [0.29, 0.717) is 0 Å². The predicted octanol–water partition coefficient (Wildman–Crippen LogP) is 0.947. The molecule has 70 valence electrons. The minimum Gasteiger partial charge on any atom is -0.481 e. The van der Waals surface area contributed by atoms with Crippen LogP contribution in [0.25, 0.3) is 0 Å². The minimum atomic E-state index is -0.601. The van der Waals surface area contributed by atoms with Gasteiger partial charge in [0.25, 0.3) is 0 Å². The maximum absolute atomic E-state index is 10.8. The molecular formula is C9H18NO2+. The van der Waals surface area contributed by atoms with Crippen LogP contribution in [0.1, 0.15) is 19.3 Å². The van der Waals surface area contributed by atoms with Crippen LogP contribution in [-0.2, 0) is 4.79 Å². The van der Waals surface area contributed by atoms with Gasteiger partial charge in [0.15, 0.2) is 0 Å². The van der Waals surface area contributed by atoms with Crippen molar-refractivity contribution >= 4 is 5.97 Å². The summed E-state index contributed by atoms with van der Waals surface area (Å²) < 4.78 is 0.856. The summed E-state index contributed by atoms with van der Waals surface area (Å²) in [7, 11) is 6.29. The summed E-state index contributed by atoms with van der Waals surface area (Å²) in [5.74, 6) is -0.601. The lowest BCUT2D eigenvalue weighted by Gasteiger charge is -2.25. The SMILES string of the molecule is C[N+](C)(C)CCC1(C(=O)O)CC1. The molecule has 0 unspecified atom stereocenters. The molecule has 0 aliphatic heterocycles. The van der Waals surface area contributed by atoms with Crippen LogP contribution in [0, 0.1) is 5.41 Å². The molecule has 0 amide bonds. The first kappa shape index (κ1) is 9.52. The monoisotopic (exact) mass is 172 g/mol. The molecule has 1 aliphatic carbocycles. The van der Waals surface area contributed by atoms with Crippen LogP contribution < -0.4 is 0 Å². The van der Waals surface area contributed by atoms with Gasteiger partial charge in [0.2, 0.25) is 0 Å². The summed E-state index contributed by atoms with van der Waals surface area (Å²) in [4.78, 5) is 10.8. The van der Waals surface area contributed by atoms with Crippen molar-refractivity contribution in [2.75, 3.05) is 27.7 Å². The number of carbonyl (C=O) groups is 1. The van der Waals surface area contributed by atoms with Gasteiger partial charge >= 0.3 is 5.97 Å². The maximum Gasteiger partial charge on any atom is 0.309 e. The van der Waals surface area contributed by atoms with Crippen molar-refractivity contribution < 1.29 is 14.4 Å². The van der Waals surface area contributed by atoms with Crippen LogP contribution in [0.15, 0.2) is 0 Å². The van der Waals surface area contributed by atoms with E-state index in [1.165, 1.54) is 0 Å². The summed E-state index contributed by atoms with van der Waals surface area (Å²) in [6, 6.07) is 0. The lowest BCUT2D eigenvalue weighted by Crippen LogP contribution is -2.37. The number of aliphatic carboxylic acids is 1. The van der Waals surface area contributed by atoms with Gasteiger partial charge in [-0.1, -0.05) is 0 Å². The fourth-order valence-corrected chi connectivity index (χ4v) is 1.27. The highest BCUT2D eigenvalue weighted by Gasteiger charge is 2.50. The Balaban J connectivity index is 2.37. The highest BCUT2D eigenvalue weighted by Crippen LogP contribution is 2.49. The molecule has 1 N–H and O–H groups in total. The molecule has 12 heavy (non-hydrogen) atoms. The Bertz CT molecular complexity index is 189. The largest absolute Gasteiger partial charge is 0.481 e. The number of nitrogens with zero attached hydrogens (tertiary/aromatic N) is 1. The average Bonchev–Trinajstić information content (AvgIpc) is 2.61. The molecule has 0 heterocycles. The summed E-state index contributed by atoms with van der Waals surface area (Å²) >= 11 is 0. The van der Waals surface area contributed by atoms with Gasteiger partial charge in [-0.15, -0.1) is 0 Å². The highest BCUT2D eigenvalue weighted by molar-refractivity contribution is 5.77. The Kier molecular flexibility index (Phi) is 2.17. The van der Waals surface area contributed by atoms with Gasteiger partial charge in [-0.2, -0.15) is 0 Å². The van der Waals surface area contributed by atoms with Gasteiger partial charge in [0.05, 0.1) is 33.1 Å². The fourth-order valence-electron chi connectivity index (χ4n) is 1.27. The lowest BCUT2D eigenvalue weighted by molar-refractivity contribution is -0.871. The van der Waals surface area contributed by atoms with Gasteiger partial charge in [0.1, 0.15) is 0 Å². The number of rotatable bonds is 4. The van der Waals surface area contributed by atoms with E-state index in [1.807, 2.05) is 0 Å². The van der Waals surface area contributed by atoms with Crippen molar-refractivity contribution in [2.45, 2.75) is 19.3 Å². The molecule has 1 fully saturated rings. The first-order chi connectivity index (χ1) is 5.36. The number of carboxylic acids is 1. The van der Waals surface area contributed by atoms with E-state index >= 15 is 0 Å². The number of carboxylic acid groups (broad SMARTS) is 1. The molecule has 3 nitrogen and oxygen atoms in total. The van der Waals surface area contributed by atoms with Crippen LogP contribution in [0.3, 0.4) is 0 Å². The molecule has 0 saturated heterocycles. The Morgan fingerprint density at radius 1 is 1.42 bits per heavy atom. The zero-order chi connectivity index (χ0) is 9.41. The van der Waals surface area contributed by atoms with Gasteiger partial charge in [-0.25, -0.2) is 0 Å². The van der Waals surface area contributed by atoms with E-state index in [4.69, 9.17) is 5.11 Å². The Labute approximate surface area is 73.6 Å². The first-order valence-electron chi connectivity index (χ1n) is 4.40. The third-order valence-corrected chi connectivity index (χ3v) is 2.57. The lowest BCUT2D eigenvalue weighted by atomic mass is 10.0. The second kappa shape index (κ2) is 2.73. The van der Waals surface area contributed by atoms with Crippen LogP contribution in [0.2, 0.25) is 0 Å². The fraction of sp³-hybridized carbons (Fsp3) is 0.889. The molecule has 1 rings (SSSR count). The second-order valence-corrected chi connectivity index (χ2v) is 4.85. The average molecular weight is 172 g/mol. The molecule has 0 atom stereocenters. The zero-order valence-electron chi connectivity index (χ0n) is 8.13. The van der Waals surface area contributed by atoms with Crippen molar-refractivity contribution in [3.8, 4) is 0 Å². The summed E-state index contributed by atoms with van der Waals surface area (Å²) in [6.45, 7) is 0.951. The van der Waals surface area contributed by atoms with Crippen LogP contribution in [0.4, 0.5) is 0 Å². The van der Waals surface area contributed by atoms with Gasteiger partial charge < -0.3 is 9.59 Å². The molecular weight excluding hydrogens is 154 g/mol. The van der Waals surface area contributed by atoms with Crippen molar-refractivity contribution in [2.24, 2.45) is 5.41 Å². The molecule has 3 heteroatoms. The van der Waals surface area contributed by atoms with Gasteiger partial charge in [-0.05, 0) is 12.8 Å². The van der Waals surface area contributed by atoms with Crippen molar-refractivity contribution in [3.63, 3.8) is 0 Å². The van der Waals surface area contributed by atoms with Crippen LogP contribution in [0.5, 0.6) is 0 Å². The second-order valence-electron chi connectivity index (χ2n) is 4.85. The summed E-state index contributed by atoms with van der Waals surface area (Å²) in [6.07, 6.45) is 2.58. The Hall–Kier alpha value is -0.570. The van der Waals surface area contributed by atoms with Crippen molar-refractivity contribution in [1.29, 1.82) is 0 Å². The molecule has 0 radical (unpaired) electrons. The Morgan fingerprint density at radius 3 is 2.17 bits per heavy atom. The standard InChI is InChI=1S/C9H17NO2/c1-10(2,3)7-6-9(4-5-9)8(11)12/h4-7H2,1-3H3/p+1. The molecule has 0 spiro atoms. The maximum atomic E-state index is 10.8. The predicted molar refractivity (Wildman–Crippen MR) is 46.8 cm³/mol. The quantitative estimate of drug-likeness (QED) is 0.641. The number of quaternary nitrogens is 1. The van der Waals surface area contributed by atoms with E-state index in [0.717, 1.165) is 30.3 Å². The third kappa shape index (κ3) is 2.21. The van der Waals surface area contributed by atoms with Crippen LogP contribution in [-0.4, -0.2) is 43.2 Å². The van der Waals surface area contributed by atoms with Crippen molar-refractivity contribution in [3.05, 3.63) is 0 Å². The third-order valence-electron chi connectivity index (χ3n) is 2.57. The molecule has 1 saturated carbocycles. The van der Waals surface area contributed by atoms with Gasteiger partial charge in [-0.3, -0.25) is 4.79 Å². The first-order valence-corrected chi connectivity index (χ1v) is 4.40. The number of hydrogen-bond donors (Lipinski definition) is 1. The topological polar surface area (TPSA) is 37.3 Å². The summed E-state index contributed by atoms with van der Waals surface area (Å²) in [5, 5.41) is 8.89. The normalized spacial score (nSPS) is 20.6. The Morgan fingerprint density at radius 2 is 1.92 bits per heavy atom. The van der Waals surface area contributed by atoms with Crippen molar-refractivity contribution in [1.82, 2.24) is 0 Å². The molecule has 0 bridgehead atoms. The van der Waals surface area contributed by atoms with E-state index in [2.05, 4.69) is 21.1 Å². The molecule has 0 aromatic carbocycles. The van der Waals surface area contributed by atoms with Gasteiger partial charge in [0, 0.05) is 6.42 Å². The van der Waals surface area contributed by atoms with E-state index in [9.17, 15) is 4.79 Å². The number of hydrogen-bond acceptors (Lipinski definition) is 1. The highest BCUT2D eigenvalue weighted by atomic mass is 16.4.